The number of benzene rings is 2. The van der Waals surface area contributed by atoms with Crippen molar-refractivity contribution in [3.8, 4) is 5.75 Å². The van der Waals surface area contributed by atoms with Gasteiger partial charge >= 0.3 is 12.1 Å². The number of hydrogen-bond acceptors (Lipinski definition) is 9. The van der Waals surface area contributed by atoms with Crippen LogP contribution in [0.25, 0.3) is 0 Å². The molecule has 0 bridgehead atoms. The summed E-state index contributed by atoms with van der Waals surface area (Å²) in [4.78, 5) is 45.4. The van der Waals surface area contributed by atoms with E-state index in [9.17, 15) is 18.4 Å². The van der Waals surface area contributed by atoms with Gasteiger partial charge in [0.1, 0.15) is 23.3 Å². The molecule has 48 heavy (non-hydrogen) atoms. The third-order valence-electron chi connectivity index (χ3n) is 8.69. The lowest BCUT2D eigenvalue weighted by molar-refractivity contribution is 0.0509. The van der Waals surface area contributed by atoms with Crippen LogP contribution in [0.15, 0.2) is 48.7 Å². The van der Waals surface area contributed by atoms with Crippen LogP contribution >= 0.6 is 0 Å². The minimum Gasteiger partial charge on any atom is -0.495 e. The maximum absolute atomic E-state index is 14.1. The van der Waals surface area contributed by atoms with E-state index in [0.29, 0.717) is 29.8 Å². The quantitative estimate of drug-likeness (QED) is 0.341. The molecule has 3 amide bonds. The van der Waals surface area contributed by atoms with E-state index >= 15 is 0 Å². The number of urea groups is 1. The van der Waals surface area contributed by atoms with Crippen LogP contribution < -0.4 is 24.8 Å². The fourth-order valence-electron chi connectivity index (χ4n) is 6.37. The van der Waals surface area contributed by atoms with Crippen molar-refractivity contribution >= 4 is 41.0 Å². The monoisotopic (exact) mass is 664 g/mol. The number of piperazine rings is 1. The van der Waals surface area contributed by atoms with Crippen molar-refractivity contribution in [1.29, 1.82) is 0 Å². The highest BCUT2D eigenvalue weighted by molar-refractivity contribution is 5.97. The molecule has 0 spiro atoms. The predicted molar refractivity (Wildman–Crippen MR) is 180 cm³/mol. The Labute approximate surface area is 279 Å². The fraction of sp³-hybridized carbons (Fsp3) is 0.471. The number of carbonyl (C=O) groups excluding carboxylic acids is 2. The zero-order valence-corrected chi connectivity index (χ0v) is 27.9. The number of anilines is 5. The molecule has 1 aromatic heterocycles. The van der Waals surface area contributed by atoms with E-state index in [4.69, 9.17) is 9.47 Å². The summed E-state index contributed by atoms with van der Waals surface area (Å²) in [6.45, 7) is 8.27. The Bertz CT molecular complexity index is 1630. The van der Waals surface area contributed by atoms with Gasteiger partial charge in [-0.05, 0) is 76.6 Å². The molecule has 4 heterocycles. The van der Waals surface area contributed by atoms with E-state index in [1.807, 2.05) is 36.4 Å². The van der Waals surface area contributed by atoms with E-state index in [2.05, 4.69) is 32.1 Å². The zero-order valence-electron chi connectivity index (χ0n) is 27.9. The predicted octanol–water partition coefficient (Wildman–Crippen LogP) is 5.70. The molecule has 0 aliphatic carbocycles. The molecule has 1 fully saturated rings. The summed E-state index contributed by atoms with van der Waals surface area (Å²) in [6, 6.07) is 12.6. The maximum atomic E-state index is 14.1. The first-order chi connectivity index (χ1) is 22.9. The van der Waals surface area contributed by atoms with E-state index in [1.54, 1.807) is 26.8 Å². The Morgan fingerprint density at radius 1 is 1.06 bits per heavy atom. The van der Waals surface area contributed by atoms with Gasteiger partial charge in [0.15, 0.2) is 0 Å². The average Bonchev–Trinajstić information content (AvgIpc) is 3.05. The number of aromatic nitrogens is 2. The van der Waals surface area contributed by atoms with Crippen LogP contribution in [-0.4, -0.2) is 97.0 Å². The van der Waals surface area contributed by atoms with Gasteiger partial charge in [0.05, 0.1) is 25.9 Å². The lowest BCUT2D eigenvalue weighted by Gasteiger charge is -2.46. The molecule has 3 aliphatic heterocycles. The SMILES string of the molecule is COc1cccc2c1N(C(=O)OC(C)(C)C)C(N1Cc3cnc(Nc4ccc(N5CCN(C)CC5)cc4)nc3N(CC(F)F)C1=O)CC2. The zero-order chi connectivity index (χ0) is 34.2. The molecule has 2 aromatic carbocycles. The summed E-state index contributed by atoms with van der Waals surface area (Å²) in [5.41, 5.74) is 2.81. The van der Waals surface area contributed by atoms with Gasteiger partial charge in [-0.2, -0.15) is 4.98 Å². The van der Waals surface area contributed by atoms with Crippen molar-refractivity contribution in [1.82, 2.24) is 19.8 Å². The highest BCUT2D eigenvalue weighted by Crippen LogP contribution is 2.42. The van der Waals surface area contributed by atoms with E-state index in [-0.39, 0.29) is 18.3 Å². The Kier molecular flexibility index (Phi) is 9.28. The first-order valence-electron chi connectivity index (χ1n) is 16.1. The van der Waals surface area contributed by atoms with Crippen LogP contribution in [-0.2, 0) is 17.7 Å². The molecule has 3 aromatic rings. The molecule has 1 unspecified atom stereocenters. The number of methoxy groups -OCH3 is 1. The number of rotatable bonds is 7. The summed E-state index contributed by atoms with van der Waals surface area (Å²) >= 11 is 0. The first-order valence-corrected chi connectivity index (χ1v) is 16.1. The van der Waals surface area contributed by atoms with Crippen LogP contribution in [0.3, 0.4) is 0 Å². The van der Waals surface area contributed by atoms with Gasteiger partial charge < -0.3 is 24.6 Å². The standard InChI is InChI=1S/C34H42F2N8O4/c1-34(2,3)48-33(46)44-28(14-9-22-7-6-8-26(47-5)29(22)44)42-20-23-19-37-31(39-30(23)43(32(42)45)21-27(35)36)38-24-10-12-25(13-11-24)41-17-15-40(4)16-18-41/h6-8,10-13,19,27-28H,9,14-18,20-21H2,1-5H3,(H,37,38,39). The molecule has 1 saturated heterocycles. The highest BCUT2D eigenvalue weighted by atomic mass is 19.3. The van der Waals surface area contributed by atoms with Crippen LogP contribution in [0.5, 0.6) is 5.75 Å². The van der Waals surface area contributed by atoms with E-state index < -0.39 is 36.9 Å². The molecule has 14 heteroatoms. The number of fused-ring (bicyclic) bond motifs is 2. The van der Waals surface area contributed by atoms with Crippen molar-refractivity contribution in [2.24, 2.45) is 0 Å². The van der Waals surface area contributed by atoms with Crippen LogP contribution in [0.1, 0.15) is 38.3 Å². The summed E-state index contributed by atoms with van der Waals surface area (Å²) < 4.78 is 39.5. The number of alkyl halides is 2. The molecule has 1 N–H and O–H groups in total. The number of aryl methyl sites for hydroxylation is 1. The van der Waals surface area contributed by atoms with Crippen molar-refractivity contribution in [3.63, 3.8) is 0 Å². The number of nitrogens with one attached hydrogen (secondary N) is 1. The normalized spacial score (nSPS) is 18.5. The minimum atomic E-state index is -2.83. The van der Waals surface area contributed by atoms with Gasteiger partial charge in [-0.1, -0.05) is 12.1 Å². The molecule has 256 valence electrons. The summed E-state index contributed by atoms with van der Waals surface area (Å²) in [6.07, 6.45) is -1.93. The number of likely N-dealkylation sites (N-methyl/N-ethyl adjacent to an activating group) is 1. The van der Waals surface area contributed by atoms with Gasteiger partial charge in [0.25, 0.3) is 6.43 Å². The van der Waals surface area contributed by atoms with Gasteiger partial charge in [0.2, 0.25) is 5.95 Å². The number of para-hydroxylation sites is 1. The average molecular weight is 665 g/mol. The van der Waals surface area contributed by atoms with Crippen LogP contribution in [0, 0.1) is 0 Å². The molecule has 3 aliphatic rings. The van der Waals surface area contributed by atoms with E-state index in [0.717, 1.165) is 48.0 Å². The Morgan fingerprint density at radius 2 is 1.79 bits per heavy atom. The largest absolute Gasteiger partial charge is 0.495 e. The van der Waals surface area contributed by atoms with Crippen molar-refractivity contribution in [2.75, 3.05) is 66.9 Å². The van der Waals surface area contributed by atoms with Gasteiger partial charge in [-0.3, -0.25) is 14.7 Å². The van der Waals surface area contributed by atoms with Crippen LogP contribution in [0.4, 0.5) is 47.2 Å². The summed E-state index contributed by atoms with van der Waals surface area (Å²) in [5.74, 6) is 0.710. The summed E-state index contributed by atoms with van der Waals surface area (Å²) in [7, 11) is 3.62. The maximum Gasteiger partial charge on any atom is 0.416 e. The second-order valence-corrected chi connectivity index (χ2v) is 13.3. The fourth-order valence-corrected chi connectivity index (χ4v) is 6.37. The molecule has 12 nitrogen and oxygen atoms in total. The van der Waals surface area contributed by atoms with Crippen molar-refractivity contribution < 1.29 is 27.8 Å². The molecule has 6 rings (SSSR count). The summed E-state index contributed by atoms with van der Waals surface area (Å²) in [5, 5.41) is 3.15. The Hall–Kier alpha value is -4.72. The highest BCUT2D eigenvalue weighted by Gasteiger charge is 2.45. The number of amides is 3. The number of hydrogen-bond donors (Lipinski definition) is 1. The van der Waals surface area contributed by atoms with Crippen molar-refractivity contribution in [2.45, 2.75) is 58.3 Å². The van der Waals surface area contributed by atoms with Gasteiger partial charge in [-0.15, -0.1) is 0 Å². The lowest BCUT2D eigenvalue weighted by Crippen LogP contribution is -2.61. The first kappa shape index (κ1) is 33.2. The third kappa shape index (κ3) is 6.93. The minimum absolute atomic E-state index is 0.00233. The number of nitrogens with zero attached hydrogens (tertiary/aromatic N) is 7. The molecule has 0 saturated carbocycles. The number of ether oxygens (including phenoxy) is 2. The molecule has 0 radical (unpaired) electrons. The Balaban J connectivity index is 1.29. The van der Waals surface area contributed by atoms with Gasteiger partial charge in [0, 0.05) is 49.3 Å². The third-order valence-corrected chi connectivity index (χ3v) is 8.69. The topological polar surface area (TPSA) is 107 Å². The second-order valence-electron chi connectivity index (χ2n) is 13.3. The Morgan fingerprint density at radius 3 is 2.46 bits per heavy atom. The number of carbonyl (C=O) groups is 2. The van der Waals surface area contributed by atoms with E-state index in [1.165, 1.54) is 23.1 Å². The lowest BCUT2D eigenvalue weighted by atomic mass is 9.97. The van der Waals surface area contributed by atoms with Crippen molar-refractivity contribution in [3.05, 3.63) is 59.8 Å². The molecular weight excluding hydrogens is 622 g/mol. The number of halogens is 2. The molecular formula is C34H42F2N8O4. The second kappa shape index (κ2) is 13.4. The smallest absolute Gasteiger partial charge is 0.416 e. The van der Waals surface area contributed by atoms with Crippen LogP contribution in [0.2, 0.25) is 0 Å². The molecule has 1 atom stereocenters. The van der Waals surface area contributed by atoms with Gasteiger partial charge in [-0.25, -0.2) is 23.4 Å².